The van der Waals surface area contributed by atoms with Crippen LogP contribution in [0.1, 0.15) is 55.7 Å². The van der Waals surface area contributed by atoms with Gasteiger partial charge in [0.1, 0.15) is 12.1 Å². The van der Waals surface area contributed by atoms with Crippen LogP contribution in [0.2, 0.25) is 0 Å². The maximum atomic E-state index is 13.6. The third-order valence-electron chi connectivity index (χ3n) is 7.05. The Morgan fingerprint density at radius 3 is 2.92 bits per heavy atom. The third kappa shape index (κ3) is 5.98. The van der Waals surface area contributed by atoms with E-state index < -0.39 is 22.3 Å². The number of hydrogen-bond acceptors (Lipinski definition) is 10. The van der Waals surface area contributed by atoms with Gasteiger partial charge in [0.2, 0.25) is 5.78 Å². The van der Waals surface area contributed by atoms with Crippen LogP contribution in [0.25, 0.3) is 0 Å². The summed E-state index contributed by atoms with van der Waals surface area (Å²) in [6, 6.07) is 8.05. The van der Waals surface area contributed by atoms with Gasteiger partial charge in [-0.2, -0.15) is 8.42 Å². The number of aromatic nitrogens is 2. The number of carbonyl (C=O) groups is 1. The van der Waals surface area contributed by atoms with Crippen LogP contribution >= 0.6 is 27.3 Å². The molecule has 2 aromatic heterocycles. The van der Waals surface area contributed by atoms with Gasteiger partial charge in [0, 0.05) is 34.1 Å². The minimum Gasteiger partial charge on any atom is -0.393 e. The van der Waals surface area contributed by atoms with E-state index in [4.69, 9.17) is 5.14 Å². The van der Waals surface area contributed by atoms with Crippen LogP contribution in [0.4, 0.5) is 5.82 Å². The number of nitrogens with one attached hydrogen (secondary N) is 2. The Morgan fingerprint density at radius 2 is 2.13 bits per heavy atom. The van der Waals surface area contributed by atoms with Crippen LogP contribution in [0.15, 0.2) is 41.3 Å². The number of fused-ring (bicyclic) bond motifs is 1. The number of aryl methyl sites for hydroxylation is 1. The predicted molar refractivity (Wildman–Crippen MR) is 147 cm³/mol. The first-order valence-corrected chi connectivity index (χ1v) is 15.3. The highest BCUT2D eigenvalue weighted by Crippen LogP contribution is 2.37. The number of aliphatic hydroxyl groups excluding tert-OH is 1. The summed E-state index contributed by atoms with van der Waals surface area (Å²) in [4.78, 5) is 23.7. The number of nitrogens with two attached hydrogens (primary N) is 1. The molecule has 1 aromatic carbocycles. The highest BCUT2D eigenvalue weighted by molar-refractivity contribution is 9.10. The molecule has 0 unspecified atom stereocenters. The molecule has 1 fully saturated rings. The highest BCUT2D eigenvalue weighted by atomic mass is 79.9. The summed E-state index contributed by atoms with van der Waals surface area (Å²) in [6.07, 6.45) is 3.81. The molecule has 3 heterocycles. The average Bonchev–Trinajstić information content (AvgIpc) is 3.43. The maximum absolute atomic E-state index is 13.6. The van der Waals surface area contributed by atoms with E-state index in [9.17, 15) is 18.3 Å². The van der Waals surface area contributed by atoms with Crippen molar-refractivity contribution >= 4 is 49.2 Å². The molecular weight excluding hydrogens is 594 g/mol. The van der Waals surface area contributed by atoms with Gasteiger partial charge in [-0.1, -0.05) is 22.0 Å². The number of benzene rings is 1. The molecule has 0 amide bonds. The summed E-state index contributed by atoms with van der Waals surface area (Å²) in [5.41, 5.74) is 3.90. The summed E-state index contributed by atoms with van der Waals surface area (Å²) in [7, 11) is -4.09. The summed E-state index contributed by atoms with van der Waals surface area (Å²) in [6.45, 7) is 2.67. The molecule has 5 rings (SSSR count). The second-order valence-electron chi connectivity index (χ2n) is 9.63. The van der Waals surface area contributed by atoms with Crippen molar-refractivity contribution in [1.82, 2.24) is 15.3 Å². The standard InChI is InChI=1S/C25H28BrN5O5S2/c1-13-18(23-19-7-16(26)3-2-14(19)4-5-29-23)9-22(37-13)24(33)20-10-28-12-30-25(20)31-17-6-15(21(32)8-17)11-36-38(27,34)35/h2-3,7,9-10,12,15,17,21,23,29,32H,4-6,8,11H2,1H3,(H2,27,34,35)(H,28,30,31)/t15-,17-,21+,23+/m1/s1. The van der Waals surface area contributed by atoms with E-state index in [0.717, 1.165) is 27.9 Å². The number of hydrogen-bond donors (Lipinski definition) is 4. The van der Waals surface area contributed by atoms with Gasteiger partial charge in [0.05, 0.1) is 29.2 Å². The number of carbonyl (C=O) groups excluding carboxylic acids is 1. The van der Waals surface area contributed by atoms with Crippen molar-refractivity contribution in [3.63, 3.8) is 0 Å². The first kappa shape index (κ1) is 27.3. The summed E-state index contributed by atoms with van der Waals surface area (Å²) in [5, 5.41) is 22.1. The predicted octanol–water partition coefficient (Wildman–Crippen LogP) is 2.85. The Kier molecular flexibility index (Phi) is 7.96. The van der Waals surface area contributed by atoms with E-state index in [2.05, 4.69) is 58.9 Å². The van der Waals surface area contributed by atoms with Gasteiger partial charge in [0.15, 0.2) is 0 Å². The van der Waals surface area contributed by atoms with Crippen molar-refractivity contribution in [2.45, 2.75) is 44.4 Å². The lowest BCUT2D eigenvalue weighted by molar-refractivity contribution is 0.101. The number of thiophene rings is 1. The van der Waals surface area contributed by atoms with E-state index in [-0.39, 0.29) is 24.5 Å². The molecule has 10 nitrogen and oxygen atoms in total. The second kappa shape index (κ2) is 11.1. The first-order valence-electron chi connectivity index (χ1n) is 12.2. The molecule has 1 saturated carbocycles. The molecule has 0 radical (unpaired) electrons. The maximum Gasteiger partial charge on any atom is 0.333 e. The Balaban J connectivity index is 1.35. The van der Waals surface area contributed by atoms with Crippen molar-refractivity contribution in [2.24, 2.45) is 11.1 Å². The molecule has 3 aromatic rings. The van der Waals surface area contributed by atoms with E-state index in [1.165, 1.54) is 35.0 Å². The van der Waals surface area contributed by atoms with Crippen molar-refractivity contribution in [2.75, 3.05) is 18.5 Å². The summed E-state index contributed by atoms with van der Waals surface area (Å²) >= 11 is 5.02. The van der Waals surface area contributed by atoms with Crippen LogP contribution in [-0.2, 0) is 20.9 Å². The number of aliphatic hydroxyl groups is 1. The first-order chi connectivity index (χ1) is 18.1. The summed E-state index contributed by atoms with van der Waals surface area (Å²) in [5.74, 6) is -0.238. The van der Waals surface area contributed by atoms with E-state index >= 15 is 0 Å². The van der Waals surface area contributed by atoms with Gasteiger partial charge in [-0.05, 0) is 61.1 Å². The molecule has 0 saturated heterocycles. The number of halogens is 1. The zero-order valence-electron chi connectivity index (χ0n) is 20.6. The molecule has 0 spiro atoms. The van der Waals surface area contributed by atoms with Crippen molar-refractivity contribution in [3.05, 3.63) is 73.3 Å². The van der Waals surface area contributed by atoms with Crippen molar-refractivity contribution in [1.29, 1.82) is 0 Å². The SMILES string of the molecule is Cc1sc(C(=O)c2cncnc2N[C@@H]2C[C@H](COS(N)(=O)=O)[C@@H](O)C2)cc1[C@@H]1NCCc2ccc(Br)cc21. The van der Waals surface area contributed by atoms with Crippen molar-refractivity contribution in [3.8, 4) is 0 Å². The lowest BCUT2D eigenvalue weighted by atomic mass is 9.90. The van der Waals surface area contributed by atoms with Gasteiger partial charge in [-0.25, -0.2) is 15.1 Å². The Bertz CT molecular complexity index is 1460. The van der Waals surface area contributed by atoms with Gasteiger partial charge in [-0.15, -0.1) is 11.3 Å². The Labute approximate surface area is 233 Å². The Morgan fingerprint density at radius 1 is 1.32 bits per heavy atom. The monoisotopic (exact) mass is 621 g/mol. The number of nitrogens with zero attached hydrogens (tertiary/aromatic N) is 2. The van der Waals surface area contributed by atoms with Gasteiger partial charge in [0.25, 0.3) is 0 Å². The fraction of sp³-hybridized carbons (Fsp3) is 0.400. The fourth-order valence-corrected chi connectivity index (χ4v) is 6.97. The van der Waals surface area contributed by atoms with Gasteiger partial charge < -0.3 is 15.7 Å². The topological polar surface area (TPSA) is 157 Å². The van der Waals surface area contributed by atoms with E-state index in [0.29, 0.717) is 29.1 Å². The van der Waals surface area contributed by atoms with Crippen LogP contribution in [0.3, 0.4) is 0 Å². The number of ketones is 1. The fourth-order valence-electron chi connectivity index (χ4n) is 5.21. The normalized spacial score (nSPS) is 23.3. The highest BCUT2D eigenvalue weighted by Gasteiger charge is 2.35. The minimum atomic E-state index is -4.09. The van der Waals surface area contributed by atoms with Crippen LogP contribution in [0, 0.1) is 12.8 Å². The van der Waals surface area contributed by atoms with Crippen molar-refractivity contribution < 1.29 is 22.5 Å². The quantitative estimate of drug-likeness (QED) is 0.278. The third-order valence-corrected chi connectivity index (χ3v) is 9.08. The zero-order chi connectivity index (χ0) is 27.0. The summed E-state index contributed by atoms with van der Waals surface area (Å²) < 4.78 is 27.9. The lowest BCUT2D eigenvalue weighted by Gasteiger charge is -2.27. The smallest absolute Gasteiger partial charge is 0.333 e. The van der Waals surface area contributed by atoms with Crippen LogP contribution < -0.4 is 15.8 Å². The molecule has 1 aliphatic carbocycles. The van der Waals surface area contributed by atoms with Gasteiger partial charge >= 0.3 is 10.3 Å². The van der Waals surface area contributed by atoms with E-state index in [1.807, 2.05) is 13.0 Å². The number of rotatable bonds is 8. The number of anilines is 1. The van der Waals surface area contributed by atoms with E-state index in [1.54, 1.807) is 0 Å². The van der Waals surface area contributed by atoms with Crippen LogP contribution in [0.5, 0.6) is 0 Å². The molecule has 4 atom stereocenters. The molecule has 5 N–H and O–H groups in total. The molecule has 13 heteroatoms. The average molecular weight is 623 g/mol. The molecule has 202 valence electrons. The Hall–Kier alpha value is -2.26. The van der Waals surface area contributed by atoms with Crippen LogP contribution in [-0.4, -0.2) is 54.6 Å². The second-order valence-corrected chi connectivity index (χ2v) is 13.0. The lowest BCUT2D eigenvalue weighted by Crippen LogP contribution is -2.30. The molecular formula is C25H28BrN5O5S2. The van der Waals surface area contributed by atoms with Gasteiger partial charge in [-0.3, -0.25) is 8.98 Å². The minimum absolute atomic E-state index is 0.00451. The molecule has 1 aliphatic heterocycles. The molecule has 38 heavy (non-hydrogen) atoms. The zero-order valence-corrected chi connectivity index (χ0v) is 23.8. The largest absolute Gasteiger partial charge is 0.393 e. The molecule has 2 aliphatic rings. The molecule has 0 bridgehead atoms.